The fourth-order valence-corrected chi connectivity index (χ4v) is 3.55. The van der Waals surface area contributed by atoms with Crippen LogP contribution in [0.4, 0.5) is 5.69 Å². The highest BCUT2D eigenvalue weighted by Crippen LogP contribution is 2.22. The minimum absolute atomic E-state index is 0.915. The molecule has 1 saturated heterocycles. The average molecular weight is 332 g/mol. The molecule has 0 atom stereocenters. The lowest BCUT2D eigenvalue weighted by atomic mass is 10.1. The molecule has 1 heterocycles. The number of rotatable bonds is 4. The van der Waals surface area contributed by atoms with E-state index in [1.165, 1.54) is 22.0 Å². The second-order valence-corrected chi connectivity index (χ2v) is 6.64. The second-order valence-electron chi connectivity index (χ2n) is 6.64. The van der Waals surface area contributed by atoms with Gasteiger partial charge in [-0.05, 0) is 46.7 Å². The molecule has 0 aliphatic carbocycles. The fourth-order valence-electron chi connectivity index (χ4n) is 3.55. The number of nitrogens with zero attached hydrogens (tertiary/aromatic N) is 2. The standard InChI is InChI=1S/C22H24N2O/c1-25-22-10-8-21(9-11-22)24-14-12-23(13-15-24)17-18-6-7-19-4-2-3-5-20(19)16-18/h2-11,16H,12-15,17H2,1H3. The van der Waals surface area contributed by atoms with E-state index < -0.39 is 0 Å². The smallest absolute Gasteiger partial charge is 0.119 e. The van der Waals surface area contributed by atoms with Gasteiger partial charge in [0.15, 0.2) is 0 Å². The zero-order valence-corrected chi connectivity index (χ0v) is 14.7. The zero-order chi connectivity index (χ0) is 17.1. The van der Waals surface area contributed by atoms with Crippen LogP contribution >= 0.6 is 0 Å². The number of hydrogen-bond acceptors (Lipinski definition) is 3. The Hall–Kier alpha value is -2.52. The summed E-state index contributed by atoms with van der Waals surface area (Å²) in [5.74, 6) is 0.915. The van der Waals surface area contributed by atoms with Crippen molar-refractivity contribution in [2.45, 2.75) is 6.54 Å². The van der Waals surface area contributed by atoms with E-state index in [-0.39, 0.29) is 0 Å². The first-order valence-electron chi connectivity index (χ1n) is 8.91. The Morgan fingerprint density at radius 1 is 0.800 bits per heavy atom. The van der Waals surface area contributed by atoms with Gasteiger partial charge in [0.2, 0.25) is 0 Å². The van der Waals surface area contributed by atoms with Crippen LogP contribution in [0.25, 0.3) is 10.8 Å². The van der Waals surface area contributed by atoms with Crippen LogP contribution in [0.15, 0.2) is 66.7 Å². The number of benzene rings is 3. The van der Waals surface area contributed by atoms with E-state index in [1.807, 2.05) is 12.1 Å². The molecule has 3 aromatic rings. The van der Waals surface area contributed by atoms with Crippen molar-refractivity contribution in [3.05, 3.63) is 72.3 Å². The van der Waals surface area contributed by atoms with E-state index in [1.54, 1.807) is 7.11 Å². The summed E-state index contributed by atoms with van der Waals surface area (Å²) >= 11 is 0. The van der Waals surface area contributed by atoms with Gasteiger partial charge in [-0.2, -0.15) is 0 Å². The van der Waals surface area contributed by atoms with E-state index in [4.69, 9.17) is 4.74 Å². The highest BCUT2D eigenvalue weighted by atomic mass is 16.5. The van der Waals surface area contributed by atoms with Crippen molar-refractivity contribution in [1.29, 1.82) is 0 Å². The molecule has 0 radical (unpaired) electrons. The minimum Gasteiger partial charge on any atom is -0.497 e. The minimum atomic E-state index is 0.915. The Morgan fingerprint density at radius 3 is 2.24 bits per heavy atom. The highest BCUT2D eigenvalue weighted by molar-refractivity contribution is 5.82. The molecule has 0 spiro atoms. The average Bonchev–Trinajstić information content (AvgIpc) is 2.69. The second kappa shape index (κ2) is 7.16. The molecule has 4 rings (SSSR count). The Kier molecular flexibility index (Phi) is 4.57. The largest absolute Gasteiger partial charge is 0.497 e. The first kappa shape index (κ1) is 16.0. The third-order valence-electron chi connectivity index (χ3n) is 5.03. The summed E-state index contributed by atoms with van der Waals surface area (Å²) in [5.41, 5.74) is 2.68. The van der Waals surface area contributed by atoms with Gasteiger partial charge in [-0.25, -0.2) is 0 Å². The number of hydrogen-bond donors (Lipinski definition) is 0. The molecule has 1 aliphatic rings. The molecule has 3 heteroatoms. The third-order valence-corrected chi connectivity index (χ3v) is 5.03. The van der Waals surface area contributed by atoms with E-state index in [9.17, 15) is 0 Å². The number of fused-ring (bicyclic) bond motifs is 1. The van der Waals surface area contributed by atoms with E-state index in [0.29, 0.717) is 0 Å². The van der Waals surface area contributed by atoms with E-state index >= 15 is 0 Å². The molecule has 128 valence electrons. The first-order valence-corrected chi connectivity index (χ1v) is 8.91. The van der Waals surface area contributed by atoms with E-state index in [0.717, 1.165) is 38.5 Å². The maximum Gasteiger partial charge on any atom is 0.119 e. The van der Waals surface area contributed by atoms with Crippen LogP contribution in [-0.4, -0.2) is 38.2 Å². The molecule has 0 saturated carbocycles. The molecule has 1 fully saturated rings. The molecule has 0 N–H and O–H groups in total. The number of anilines is 1. The first-order chi connectivity index (χ1) is 12.3. The topological polar surface area (TPSA) is 15.7 Å². The van der Waals surface area contributed by atoms with Crippen LogP contribution < -0.4 is 9.64 Å². The van der Waals surface area contributed by atoms with Gasteiger partial charge in [-0.3, -0.25) is 4.90 Å². The molecule has 0 unspecified atom stereocenters. The van der Waals surface area contributed by atoms with Crippen LogP contribution in [0.2, 0.25) is 0 Å². The lowest BCUT2D eigenvalue weighted by Crippen LogP contribution is -2.45. The van der Waals surface area contributed by atoms with Crippen molar-refractivity contribution in [3.8, 4) is 5.75 Å². The zero-order valence-electron chi connectivity index (χ0n) is 14.7. The summed E-state index contributed by atoms with van der Waals surface area (Å²) < 4.78 is 5.24. The van der Waals surface area contributed by atoms with Crippen molar-refractivity contribution >= 4 is 16.5 Å². The molecular formula is C22H24N2O. The van der Waals surface area contributed by atoms with Crippen LogP contribution in [0.3, 0.4) is 0 Å². The number of piperazine rings is 1. The number of methoxy groups -OCH3 is 1. The Labute approximate surface area is 149 Å². The predicted octanol–water partition coefficient (Wildman–Crippen LogP) is 4.17. The molecule has 0 aromatic heterocycles. The van der Waals surface area contributed by atoms with Crippen LogP contribution in [0, 0.1) is 0 Å². The summed E-state index contributed by atoms with van der Waals surface area (Å²) in [4.78, 5) is 5.00. The predicted molar refractivity (Wildman–Crippen MR) is 104 cm³/mol. The number of ether oxygens (including phenoxy) is 1. The molecule has 0 amide bonds. The quantitative estimate of drug-likeness (QED) is 0.713. The van der Waals surface area contributed by atoms with Crippen molar-refractivity contribution in [2.24, 2.45) is 0 Å². The maximum absolute atomic E-state index is 5.24. The summed E-state index contributed by atoms with van der Waals surface area (Å²) in [6.07, 6.45) is 0. The lowest BCUT2D eigenvalue weighted by molar-refractivity contribution is 0.250. The van der Waals surface area contributed by atoms with Crippen molar-refractivity contribution in [2.75, 3.05) is 38.2 Å². The van der Waals surface area contributed by atoms with Crippen LogP contribution in [0.1, 0.15) is 5.56 Å². The van der Waals surface area contributed by atoms with Crippen LogP contribution in [0.5, 0.6) is 5.75 Å². The van der Waals surface area contributed by atoms with Gasteiger partial charge in [-0.15, -0.1) is 0 Å². The van der Waals surface area contributed by atoms with Crippen molar-refractivity contribution < 1.29 is 4.74 Å². The summed E-state index contributed by atoms with van der Waals surface area (Å²) in [6.45, 7) is 5.36. The maximum atomic E-state index is 5.24. The van der Waals surface area contributed by atoms with Crippen molar-refractivity contribution in [1.82, 2.24) is 4.90 Å². The summed E-state index contributed by atoms with van der Waals surface area (Å²) in [6, 6.07) is 23.8. The SMILES string of the molecule is COc1ccc(N2CCN(Cc3ccc4ccccc4c3)CC2)cc1. The van der Waals surface area contributed by atoms with Gasteiger partial charge in [0.05, 0.1) is 7.11 Å². The van der Waals surface area contributed by atoms with Gasteiger partial charge in [0, 0.05) is 38.4 Å². The summed E-state index contributed by atoms with van der Waals surface area (Å²) in [5, 5.41) is 2.65. The van der Waals surface area contributed by atoms with Crippen molar-refractivity contribution in [3.63, 3.8) is 0 Å². The van der Waals surface area contributed by atoms with Gasteiger partial charge in [0.25, 0.3) is 0 Å². The molecule has 1 aliphatic heterocycles. The molecule has 25 heavy (non-hydrogen) atoms. The molecule has 0 bridgehead atoms. The van der Waals surface area contributed by atoms with Crippen LogP contribution in [-0.2, 0) is 6.54 Å². The molecule has 3 nitrogen and oxygen atoms in total. The molecule has 3 aromatic carbocycles. The monoisotopic (exact) mass is 332 g/mol. The van der Waals surface area contributed by atoms with Gasteiger partial charge in [0.1, 0.15) is 5.75 Å². The normalized spacial score (nSPS) is 15.5. The molecular weight excluding hydrogens is 308 g/mol. The fraction of sp³-hybridized carbons (Fsp3) is 0.273. The van der Waals surface area contributed by atoms with Gasteiger partial charge < -0.3 is 9.64 Å². The third kappa shape index (κ3) is 3.62. The van der Waals surface area contributed by atoms with E-state index in [2.05, 4.69) is 64.4 Å². The Morgan fingerprint density at radius 2 is 1.52 bits per heavy atom. The lowest BCUT2D eigenvalue weighted by Gasteiger charge is -2.36. The summed E-state index contributed by atoms with van der Waals surface area (Å²) in [7, 11) is 1.71. The Bertz CT molecular complexity index is 836. The van der Waals surface area contributed by atoms with Gasteiger partial charge >= 0.3 is 0 Å². The Balaban J connectivity index is 1.37. The van der Waals surface area contributed by atoms with Gasteiger partial charge in [-0.1, -0.05) is 36.4 Å². The highest BCUT2D eigenvalue weighted by Gasteiger charge is 2.17.